The third kappa shape index (κ3) is 4.74. The van der Waals surface area contributed by atoms with Crippen LogP contribution in [0.15, 0.2) is 18.2 Å². The number of rotatable bonds is 5. The molecule has 4 nitrogen and oxygen atoms in total. The van der Waals surface area contributed by atoms with Crippen molar-refractivity contribution in [2.24, 2.45) is 0 Å². The summed E-state index contributed by atoms with van der Waals surface area (Å²) in [6.45, 7) is 2.18. The van der Waals surface area contributed by atoms with Gasteiger partial charge in [-0.3, -0.25) is 4.79 Å². The zero-order valence-corrected chi connectivity index (χ0v) is 12.6. The van der Waals surface area contributed by atoms with Crippen molar-refractivity contribution in [3.8, 4) is 0 Å². The number of halogens is 2. The van der Waals surface area contributed by atoms with Gasteiger partial charge >= 0.3 is 0 Å². The molecule has 1 heterocycles. The van der Waals surface area contributed by atoms with Gasteiger partial charge in [0.15, 0.2) is 0 Å². The van der Waals surface area contributed by atoms with Gasteiger partial charge in [-0.05, 0) is 43.5 Å². The molecule has 1 aromatic rings. The van der Waals surface area contributed by atoms with Gasteiger partial charge in [0.05, 0.1) is 12.1 Å². The lowest BCUT2D eigenvalue weighted by Crippen LogP contribution is -2.54. The number of carbonyl (C=O) groups excluding carboxylic acids is 1. The fourth-order valence-corrected chi connectivity index (χ4v) is 2.95. The first-order valence-electron chi connectivity index (χ1n) is 7.59. The highest BCUT2D eigenvalue weighted by Gasteiger charge is 2.29. The van der Waals surface area contributed by atoms with Crippen LogP contribution >= 0.6 is 0 Å². The summed E-state index contributed by atoms with van der Waals surface area (Å²) in [5.41, 5.74) is 0.408. The van der Waals surface area contributed by atoms with Crippen LogP contribution in [0.3, 0.4) is 0 Å². The first kappa shape index (κ1) is 16.8. The number of carbonyl (C=O) groups is 1. The smallest absolute Gasteiger partial charge is 0.217 e. The molecule has 1 aromatic carbocycles. The summed E-state index contributed by atoms with van der Waals surface area (Å²) >= 11 is 0. The zero-order chi connectivity index (χ0) is 16.1. The Morgan fingerprint density at radius 2 is 2.05 bits per heavy atom. The van der Waals surface area contributed by atoms with Crippen molar-refractivity contribution in [3.63, 3.8) is 0 Å². The van der Waals surface area contributed by atoms with Crippen LogP contribution in [0.5, 0.6) is 0 Å². The number of hydrogen-bond donors (Lipinski definition) is 3. The predicted molar refractivity (Wildman–Crippen MR) is 79.3 cm³/mol. The molecule has 1 aliphatic rings. The highest BCUT2D eigenvalue weighted by Crippen LogP contribution is 2.17. The second-order valence-electron chi connectivity index (χ2n) is 5.84. The lowest BCUT2D eigenvalue weighted by molar-refractivity contribution is -0.120. The van der Waals surface area contributed by atoms with Crippen LogP contribution in [0.1, 0.15) is 31.7 Å². The van der Waals surface area contributed by atoms with E-state index in [0.717, 1.165) is 31.9 Å². The average Bonchev–Trinajstić information content (AvgIpc) is 2.45. The number of benzene rings is 1. The molecule has 0 saturated carbocycles. The number of amides is 1. The molecule has 22 heavy (non-hydrogen) atoms. The summed E-state index contributed by atoms with van der Waals surface area (Å²) in [5.74, 6) is -1.61. The number of nitrogens with one attached hydrogen (secondary N) is 2. The predicted octanol–water partition coefficient (Wildman–Crippen LogP) is 1.51. The molecule has 0 spiro atoms. The van der Waals surface area contributed by atoms with Crippen LogP contribution in [-0.2, 0) is 11.2 Å². The summed E-state index contributed by atoms with van der Waals surface area (Å²) in [5, 5.41) is 16.4. The maximum absolute atomic E-state index is 13.3. The van der Waals surface area contributed by atoms with Gasteiger partial charge in [-0.2, -0.15) is 0 Å². The van der Waals surface area contributed by atoms with Crippen LogP contribution < -0.4 is 10.6 Å². The molecule has 1 amide bonds. The summed E-state index contributed by atoms with van der Waals surface area (Å²) in [4.78, 5) is 11.4. The molecule has 2 rings (SSSR count). The van der Waals surface area contributed by atoms with Crippen molar-refractivity contribution in [1.82, 2.24) is 10.6 Å². The van der Waals surface area contributed by atoms with E-state index >= 15 is 0 Å². The van der Waals surface area contributed by atoms with Crippen molar-refractivity contribution >= 4 is 5.91 Å². The van der Waals surface area contributed by atoms with Gasteiger partial charge in [-0.1, -0.05) is 6.42 Å². The number of aliphatic hydroxyl groups is 1. The number of hydrogen-bond acceptors (Lipinski definition) is 3. The van der Waals surface area contributed by atoms with E-state index in [1.165, 1.54) is 19.1 Å². The molecule has 122 valence electrons. The largest absolute Gasteiger partial charge is 0.389 e. The second-order valence-corrected chi connectivity index (χ2v) is 5.84. The van der Waals surface area contributed by atoms with Crippen LogP contribution in [0.2, 0.25) is 0 Å². The average molecular weight is 312 g/mol. The Labute approximate surface area is 128 Å². The van der Waals surface area contributed by atoms with E-state index in [4.69, 9.17) is 0 Å². The van der Waals surface area contributed by atoms with Crippen molar-refractivity contribution in [2.75, 3.05) is 6.54 Å². The third-order valence-corrected chi connectivity index (χ3v) is 3.94. The fraction of sp³-hybridized carbons (Fsp3) is 0.562. The standard InChI is InChI=1S/C16H22F2N2O2/c1-10(21)20-15(16(22)14-4-2-3-5-19-14)8-11-6-12(17)9-13(18)7-11/h6-7,9,14-16,19,22H,2-5,8H2,1H3,(H,20,21)/t14?,15-,16+/m0/s1. The van der Waals surface area contributed by atoms with Crippen molar-refractivity contribution < 1.29 is 18.7 Å². The maximum atomic E-state index is 13.3. The molecule has 0 bridgehead atoms. The van der Waals surface area contributed by atoms with Crippen LogP contribution in [0.4, 0.5) is 8.78 Å². The van der Waals surface area contributed by atoms with E-state index in [0.29, 0.717) is 5.56 Å². The maximum Gasteiger partial charge on any atom is 0.217 e. The Morgan fingerprint density at radius 1 is 1.36 bits per heavy atom. The van der Waals surface area contributed by atoms with E-state index < -0.39 is 23.8 Å². The van der Waals surface area contributed by atoms with E-state index in [9.17, 15) is 18.7 Å². The van der Waals surface area contributed by atoms with E-state index in [1.54, 1.807) is 0 Å². The molecule has 1 fully saturated rings. The van der Waals surface area contributed by atoms with Gasteiger partial charge in [0.25, 0.3) is 0 Å². The molecule has 3 atom stereocenters. The summed E-state index contributed by atoms with van der Waals surface area (Å²) in [6.07, 6.45) is 2.25. The van der Waals surface area contributed by atoms with Crippen LogP contribution in [-0.4, -0.2) is 35.7 Å². The van der Waals surface area contributed by atoms with Crippen LogP contribution in [0.25, 0.3) is 0 Å². The molecule has 6 heteroatoms. The first-order chi connectivity index (χ1) is 10.5. The molecule has 1 aliphatic heterocycles. The minimum Gasteiger partial charge on any atom is -0.389 e. The highest BCUT2D eigenvalue weighted by molar-refractivity contribution is 5.73. The molecule has 0 aliphatic carbocycles. The van der Waals surface area contributed by atoms with Crippen LogP contribution in [0, 0.1) is 11.6 Å². The zero-order valence-electron chi connectivity index (χ0n) is 12.6. The summed E-state index contributed by atoms with van der Waals surface area (Å²) in [7, 11) is 0. The Morgan fingerprint density at radius 3 is 2.59 bits per heavy atom. The molecule has 3 N–H and O–H groups in total. The lowest BCUT2D eigenvalue weighted by atomic mass is 9.91. The summed E-state index contributed by atoms with van der Waals surface area (Å²) in [6, 6.07) is 2.53. The lowest BCUT2D eigenvalue weighted by Gasteiger charge is -2.33. The minimum absolute atomic E-state index is 0.121. The SMILES string of the molecule is CC(=O)N[C@@H](Cc1cc(F)cc(F)c1)[C@H](O)C1CCCCN1. The normalized spacial score (nSPS) is 21.2. The van der Waals surface area contributed by atoms with Gasteiger partial charge in [0.2, 0.25) is 5.91 Å². The third-order valence-electron chi connectivity index (χ3n) is 3.94. The molecular formula is C16H22F2N2O2. The number of aliphatic hydroxyl groups excluding tert-OH is 1. The van der Waals surface area contributed by atoms with Gasteiger partial charge < -0.3 is 15.7 Å². The Balaban J connectivity index is 2.12. The fourth-order valence-electron chi connectivity index (χ4n) is 2.95. The molecule has 0 radical (unpaired) electrons. The highest BCUT2D eigenvalue weighted by atomic mass is 19.1. The molecular weight excluding hydrogens is 290 g/mol. The van der Waals surface area contributed by atoms with Gasteiger partial charge in [0, 0.05) is 19.0 Å². The van der Waals surface area contributed by atoms with Crippen molar-refractivity contribution in [3.05, 3.63) is 35.4 Å². The quantitative estimate of drug-likeness (QED) is 0.772. The van der Waals surface area contributed by atoms with E-state index in [-0.39, 0.29) is 18.4 Å². The number of piperidine rings is 1. The minimum atomic E-state index is -0.810. The monoisotopic (exact) mass is 312 g/mol. The van der Waals surface area contributed by atoms with Gasteiger partial charge in [-0.25, -0.2) is 8.78 Å². The Hall–Kier alpha value is -1.53. The van der Waals surface area contributed by atoms with Gasteiger partial charge in [0.1, 0.15) is 11.6 Å². The first-order valence-corrected chi connectivity index (χ1v) is 7.59. The topological polar surface area (TPSA) is 61.4 Å². The Bertz CT molecular complexity index is 499. The summed E-state index contributed by atoms with van der Waals surface area (Å²) < 4.78 is 26.6. The molecule has 1 unspecified atom stereocenters. The van der Waals surface area contributed by atoms with Crippen molar-refractivity contribution in [1.29, 1.82) is 0 Å². The molecule has 1 saturated heterocycles. The van der Waals surface area contributed by atoms with E-state index in [2.05, 4.69) is 10.6 Å². The van der Waals surface area contributed by atoms with E-state index in [1.807, 2.05) is 0 Å². The van der Waals surface area contributed by atoms with Crippen molar-refractivity contribution in [2.45, 2.75) is 50.8 Å². The van der Waals surface area contributed by atoms with Gasteiger partial charge in [-0.15, -0.1) is 0 Å². The second kappa shape index (κ2) is 7.65. The molecule has 0 aromatic heterocycles. The Kier molecular flexibility index (Phi) is 5.85.